The molecule has 202 valence electrons. The van der Waals surface area contributed by atoms with Gasteiger partial charge in [0.25, 0.3) is 0 Å². The van der Waals surface area contributed by atoms with Crippen LogP contribution < -0.4 is 15.2 Å². The van der Waals surface area contributed by atoms with Gasteiger partial charge in [0.2, 0.25) is 0 Å². The lowest BCUT2D eigenvalue weighted by molar-refractivity contribution is -0.156. The molecule has 1 rings (SSSR count). The maximum Gasteiger partial charge on any atom is 0.326 e. The van der Waals surface area contributed by atoms with Crippen molar-refractivity contribution < 1.29 is 38.1 Å². The van der Waals surface area contributed by atoms with Crippen LogP contribution in [-0.4, -0.2) is 43.1 Å². The summed E-state index contributed by atoms with van der Waals surface area (Å²) in [4.78, 5) is 49.8. The highest BCUT2D eigenvalue weighted by Gasteiger charge is 2.37. The molecule has 0 radical (unpaired) electrons. The Hall–Kier alpha value is -2.94. The number of carbonyl (C=O) groups excluding carboxylic acids is 4. The number of nitrogens with two attached hydrogens (primary N) is 1. The first kappa shape index (κ1) is 31.1. The summed E-state index contributed by atoms with van der Waals surface area (Å²) >= 11 is 0. The Bertz CT molecular complexity index is 979. The Labute approximate surface area is 214 Å². The Morgan fingerprint density at radius 2 is 1.19 bits per heavy atom. The van der Waals surface area contributed by atoms with E-state index < -0.39 is 45.7 Å². The highest BCUT2D eigenvalue weighted by Crippen LogP contribution is 2.34. The van der Waals surface area contributed by atoms with Crippen molar-refractivity contribution >= 4 is 23.9 Å². The third kappa shape index (κ3) is 8.93. The van der Waals surface area contributed by atoms with E-state index in [4.69, 9.17) is 24.7 Å². The van der Waals surface area contributed by atoms with Crippen LogP contribution in [0, 0.1) is 16.2 Å². The van der Waals surface area contributed by atoms with Crippen LogP contribution in [-0.2, 0) is 35.1 Å². The van der Waals surface area contributed by atoms with Crippen molar-refractivity contribution in [1.82, 2.24) is 0 Å². The summed E-state index contributed by atoms with van der Waals surface area (Å²) < 4.78 is 21.3. The maximum absolute atomic E-state index is 12.6. The van der Waals surface area contributed by atoms with Gasteiger partial charge in [-0.1, -0.05) is 6.07 Å². The fraction of sp³-hybridized carbons (Fsp3) is 0.630. The number of hydrogen-bond donors (Lipinski definition) is 1. The number of methoxy groups -OCH3 is 1. The number of carbonyl (C=O) groups is 4. The number of hydrogen-bond acceptors (Lipinski definition) is 9. The average molecular weight is 508 g/mol. The first-order valence-electron chi connectivity index (χ1n) is 11.8. The van der Waals surface area contributed by atoms with Crippen molar-refractivity contribution in [2.75, 3.05) is 13.7 Å². The summed E-state index contributed by atoms with van der Waals surface area (Å²) in [5, 5.41) is 0. The monoisotopic (exact) mass is 507 g/mol. The maximum atomic E-state index is 12.6. The van der Waals surface area contributed by atoms with Crippen molar-refractivity contribution in [3.63, 3.8) is 0 Å². The van der Waals surface area contributed by atoms with E-state index in [0.717, 1.165) is 0 Å². The molecule has 1 aromatic carbocycles. The van der Waals surface area contributed by atoms with Crippen LogP contribution in [0.15, 0.2) is 18.2 Å². The Kier molecular flexibility index (Phi) is 9.86. The molecule has 0 heterocycles. The molecule has 0 amide bonds. The van der Waals surface area contributed by atoms with Crippen molar-refractivity contribution in [2.45, 2.75) is 80.7 Å². The summed E-state index contributed by atoms with van der Waals surface area (Å²) in [6, 6.07) is 4.60. The van der Waals surface area contributed by atoms with E-state index in [2.05, 4.69) is 0 Å². The molecule has 0 aliphatic heterocycles. The predicted octanol–water partition coefficient (Wildman–Crippen LogP) is 3.98. The fourth-order valence-electron chi connectivity index (χ4n) is 2.70. The van der Waals surface area contributed by atoms with Gasteiger partial charge in [-0.3, -0.25) is 19.2 Å². The number of benzene rings is 1. The minimum atomic E-state index is -1.53. The molecule has 0 aromatic heterocycles. The number of rotatable bonds is 8. The van der Waals surface area contributed by atoms with Crippen LogP contribution in [0.3, 0.4) is 0 Å². The molecule has 0 bridgehead atoms. The standard InChI is InChI=1S/C27H41NO8/c1-24(2,3)20(29)34-14-13-27(28,23(32)33-10)16-17-11-12-18(35-21(30)25(4,5)6)19(15-17)36-22(31)26(7,8)9/h11-12,15H,13-14,16,28H2,1-10H3/t27-/m1/s1. The van der Waals surface area contributed by atoms with Gasteiger partial charge in [0, 0.05) is 12.8 Å². The molecule has 0 saturated heterocycles. The van der Waals surface area contributed by atoms with Gasteiger partial charge in [0.05, 0.1) is 30.0 Å². The quantitative estimate of drug-likeness (QED) is 0.410. The SMILES string of the molecule is COC(=O)[C@@](N)(CCOC(=O)C(C)(C)C)Cc1ccc(OC(=O)C(C)(C)C)c(OC(=O)C(C)(C)C)c1. The molecular formula is C27H41NO8. The summed E-state index contributed by atoms with van der Waals surface area (Å²) in [6.07, 6.45) is -0.0142. The van der Waals surface area contributed by atoms with E-state index in [1.54, 1.807) is 68.4 Å². The molecule has 0 fully saturated rings. The molecule has 0 aliphatic carbocycles. The van der Waals surface area contributed by atoms with Gasteiger partial charge >= 0.3 is 23.9 Å². The minimum Gasteiger partial charge on any atom is -0.468 e. The van der Waals surface area contributed by atoms with Crippen LogP contribution >= 0.6 is 0 Å². The summed E-state index contributed by atoms with van der Waals surface area (Å²) in [5.41, 5.74) is 3.11. The molecular weight excluding hydrogens is 466 g/mol. The van der Waals surface area contributed by atoms with E-state index in [-0.39, 0.29) is 30.9 Å². The predicted molar refractivity (Wildman–Crippen MR) is 134 cm³/mol. The lowest BCUT2D eigenvalue weighted by Crippen LogP contribution is -2.51. The Morgan fingerprint density at radius 3 is 1.64 bits per heavy atom. The largest absolute Gasteiger partial charge is 0.468 e. The number of ether oxygens (including phenoxy) is 4. The van der Waals surface area contributed by atoms with E-state index in [9.17, 15) is 19.2 Å². The summed E-state index contributed by atoms with van der Waals surface area (Å²) in [5.74, 6) is -2.06. The molecule has 9 nitrogen and oxygen atoms in total. The first-order valence-corrected chi connectivity index (χ1v) is 11.8. The lowest BCUT2D eigenvalue weighted by Gasteiger charge is -2.27. The second-order valence-corrected chi connectivity index (χ2v) is 12.0. The van der Waals surface area contributed by atoms with Crippen LogP contribution in [0.4, 0.5) is 0 Å². The minimum absolute atomic E-state index is 0.000628. The lowest BCUT2D eigenvalue weighted by atomic mass is 9.88. The molecule has 0 spiro atoms. The zero-order valence-corrected chi connectivity index (χ0v) is 23.2. The van der Waals surface area contributed by atoms with Crippen molar-refractivity contribution in [3.8, 4) is 11.5 Å². The molecule has 9 heteroatoms. The van der Waals surface area contributed by atoms with Gasteiger partial charge in [0.1, 0.15) is 5.54 Å². The molecule has 0 unspecified atom stereocenters. The van der Waals surface area contributed by atoms with E-state index in [1.807, 2.05) is 0 Å². The summed E-state index contributed by atoms with van der Waals surface area (Å²) in [7, 11) is 1.22. The molecule has 1 aromatic rings. The van der Waals surface area contributed by atoms with Gasteiger partial charge < -0.3 is 24.7 Å². The van der Waals surface area contributed by atoms with Crippen LogP contribution in [0.5, 0.6) is 11.5 Å². The summed E-state index contributed by atoms with van der Waals surface area (Å²) in [6.45, 7) is 15.3. The van der Waals surface area contributed by atoms with E-state index in [1.165, 1.54) is 19.2 Å². The van der Waals surface area contributed by atoms with Crippen LogP contribution in [0.25, 0.3) is 0 Å². The molecule has 0 saturated carbocycles. The first-order chi connectivity index (χ1) is 16.2. The third-order valence-electron chi connectivity index (χ3n) is 5.14. The van der Waals surface area contributed by atoms with Crippen molar-refractivity contribution in [3.05, 3.63) is 23.8 Å². The smallest absolute Gasteiger partial charge is 0.326 e. The zero-order chi connectivity index (χ0) is 28.1. The molecule has 2 N–H and O–H groups in total. The van der Waals surface area contributed by atoms with Gasteiger partial charge in [-0.05, 0) is 80.0 Å². The average Bonchev–Trinajstić information content (AvgIpc) is 2.72. The normalized spacial score (nSPS) is 13.9. The highest BCUT2D eigenvalue weighted by atomic mass is 16.6. The van der Waals surface area contributed by atoms with Gasteiger partial charge in [-0.15, -0.1) is 0 Å². The zero-order valence-electron chi connectivity index (χ0n) is 23.2. The Balaban J connectivity index is 3.30. The van der Waals surface area contributed by atoms with Gasteiger partial charge in [0.15, 0.2) is 11.5 Å². The second kappa shape index (κ2) is 11.4. The highest BCUT2D eigenvalue weighted by molar-refractivity contribution is 5.82. The van der Waals surface area contributed by atoms with E-state index in [0.29, 0.717) is 5.56 Å². The third-order valence-corrected chi connectivity index (χ3v) is 5.14. The van der Waals surface area contributed by atoms with Gasteiger partial charge in [-0.25, -0.2) is 0 Å². The molecule has 36 heavy (non-hydrogen) atoms. The van der Waals surface area contributed by atoms with Crippen LogP contribution in [0.1, 0.15) is 74.3 Å². The molecule has 1 atom stereocenters. The topological polar surface area (TPSA) is 131 Å². The fourth-order valence-corrected chi connectivity index (χ4v) is 2.70. The van der Waals surface area contributed by atoms with Crippen LogP contribution in [0.2, 0.25) is 0 Å². The van der Waals surface area contributed by atoms with Crippen molar-refractivity contribution in [2.24, 2.45) is 22.0 Å². The Morgan fingerprint density at radius 1 is 0.722 bits per heavy atom. The van der Waals surface area contributed by atoms with Gasteiger partial charge in [-0.2, -0.15) is 0 Å². The van der Waals surface area contributed by atoms with Crippen molar-refractivity contribution in [1.29, 1.82) is 0 Å². The molecule has 0 aliphatic rings. The number of esters is 4. The second-order valence-electron chi connectivity index (χ2n) is 12.0. The van der Waals surface area contributed by atoms with E-state index >= 15 is 0 Å².